The van der Waals surface area contributed by atoms with Gasteiger partial charge in [-0.15, -0.1) is 0 Å². The van der Waals surface area contributed by atoms with E-state index in [9.17, 15) is 9.90 Å². The maximum atomic E-state index is 13.0. The Hall–Kier alpha value is -3.50. The molecule has 166 valence electrons. The third kappa shape index (κ3) is 3.28. The maximum Gasteiger partial charge on any atom is 0.257 e. The van der Waals surface area contributed by atoms with Gasteiger partial charge < -0.3 is 20.5 Å². The fraction of sp³-hybridized carbons (Fsp3) is 0.364. The van der Waals surface area contributed by atoms with Crippen LogP contribution in [-0.2, 0) is 4.74 Å². The molecule has 1 amide bonds. The number of pyridine rings is 1. The minimum absolute atomic E-state index is 0.208. The first kappa shape index (κ1) is 20.4. The van der Waals surface area contributed by atoms with Crippen LogP contribution in [0.5, 0.6) is 0 Å². The third-order valence-corrected chi connectivity index (χ3v) is 5.80. The number of aromatic nitrogens is 5. The number of ether oxygens (including phenoxy) is 1. The zero-order valence-electron chi connectivity index (χ0n) is 18.1. The molecule has 0 aliphatic carbocycles. The molecule has 4 aromatic rings. The van der Waals surface area contributed by atoms with Gasteiger partial charge in [0.1, 0.15) is 17.0 Å². The summed E-state index contributed by atoms with van der Waals surface area (Å²) in [6.07, 6.45) is 4.44. The quantitative estimate of drug-likeness (QED) is 0.437. The number of fused-ring (bicyclic) bond motifs is 2. The Kier molecular flexibility index (Phi) is 5.03. The summed E-state index contributed by atoms with van der Waals surface area (Å²) in [6, 6.07) is 5.52. The van der Waals surface area contributed by atoms with E-state index < -0.39 is 12.1 Å². The van der Waals surface area contributed by atoms with Crippen LogP contribution in [0.3, 0.4) is 0 Å². The Bertz CT molecular complexity index is 1310. The predicted molar refractivity (Wildman–Crippen MR) is 119 cm³/mol. The minimum Gasteiger partial charge on any atom is -0.388 e. The van der Waals surface area contributed by atoms with Gasteiger partial charge >= 0.3 is 0 Å². The maximum absolute atomic E-state index is 13.0. The van der Waals surface area contributed by atoms with Crippen LogP contribution in [0.2, 0.25) is 0 Å². The number of nitrogens with zero attached hydrogens (tertiary/aromatic N) is 5. The molecule has 4 aromatic heterocycles. The predicted octanol–water partition coefficient (Wildman–Crippen LogP) is 1.70. The van der Waals surface area contributed by atoms with Crippen molar-refractivity contribution in [3.63, 3.8) is 0 Å². The second-order valence-electron chi connectivity index (χ2n) is 8.20. The molecule has 2 atom stereocenters. The van der Waals surface area contributed by atoms with Crippen LogP contribution in [0, 0.1) is 0 Å². The number of rotatable bonds is 5. The summed E-state index contributed by atoms with van der Waals surface area (Å²) in [5.41, 5.74) is 4.30. The number of carbonyl (C=O) groups is 1. The fourth-order valence-corrected chi connectivity index (χ4v) is 4.05. The lowest BCUT2D eigenvalue weighted by Crippen LogP contribution is -2.42. The van der Waals surface area contributed by atoms with E-state index in [1.807, 2.05) is 22.7 Å². The van der Waals surface area contributed by atoms with Gasteiger partial charge in [-0.25, -0.2) is 9.97 Å². The normalized spacial score (nSPS) is 18.7. The summed E-state index contributed by atoms with van der Waals surface area (Å²) in [7, 11) is 1.79. The van der Waals surface area contributed by atoms with E-state index >= 15 is 0 Å². The van der Waals surface area contributed by atoms with E-state index in [2.05, 4.69) is 40.6 Å². The van der Waals surface area contributed by atoms with Gasteiger partial charge in [-0.1, -0.05) is 19.9 Å². The van der Waals surface area contributed by atoms with Gasteiger partial charge in [0, 0.05) is 25.5 Å². The molecule has 0 spiro atoms. The molecule has 1 aliphatic heterocycles. The average Bonchev–Trinajstić information content (AvgIpc) is 3.52. The number of anilines is 1. The lowest BCUT2D eigenvalue weighted by Gasteiger charge is -2.15. The van der Waals surface area contributed by atoms with E-state index in [0.29, 0.717) is 28.6 Å². The molecule has 0 saturated carbocycles. The van der Waals surface area contributed by atoms with Crippen molar-refractivity contribution >= 4 is 23.0 Å². The van der Waals surface area contributed by atoms with Crippen LogP contribution < -0.4 is 10.6 Å². The molecule has 1 saturated heterocycles. The first-order valence-electron chi connectivity index (χ1n) is 10.6. The van der Waals surface area contributed by atoms with Crippen molar-refractivity contribution in [2.24, 2.45) is 0 Å². The van der Waals surface area contributed by atoms with E-state index in [1.165, 1.54) is 6.20 Å². The molecule has 10 nitrogen and oxygen atoms in total. The molecular weight excluding hydrogens is 410 g/mol. The van der Waals surface area contributed by atoms with Gasteiger partial charge in [0.25, 0.3) is 5.91 Å². The highest BCUT2D eigenvalue weighted by Crippen LogP contribution is 2.28. The Labute approximate surface area is 184 Å². The molecule has 1 fully saturated rings. The van der Waals surface area contributed by atoms with Gasteiger partial charge in [-0.2, -0.15) is 9.61 Å². The number of aliphatic hydroxyl groups excluding tert-OH is 1. The standard InChI is InChI=1S/C22H25N7O3/c1-12(2)13-4-5-17(28-7-6-24-20(13)28)15-8-19(23-3)29-21(26-15)14(9-25-29)22(31)27-16-10-32-11-18(16)30/h4-9,12,16,18,23,30H,10-11H2,1-3H3,(H,27,31)/t16-,18+/m1/s1. The molecule has 3 N–H and O–H groups in total. The van der Waals surface area contributed by atoms with Gasteiger partial charge in [-0.05, 0) is 17.5 Å². The van der Waals surface area contributed by atoms with E-state index in [4.69, 9.17) is 9.72 Å². The van der Waals surface area contributed by atoms with Crippen molar-refractivity contribution in [2.75, 3.05) is 25.6 Å². The number of carbonyl (C=O) groups excluding carboxylic acids is 1. The largest absolute Gasteiger partial charge is 0.388 e. The van der Waals surface area contributed by atoms with E-state index in [1.54, 1.807) is 17.8 Å². The van der Waals surface area contributed by atoms with Crippen molar-refractivity contribution < 1.29 is 14.6 Å². The molecule has 5 heterocycles. The number of hydrogen-bond donors (Lipinski definition) is 3. The molecule has 32 heavy (non-hydrogen) atoms. The summed E-state index contributed by atoms with van der Waals surface area (Å²) in [5, 5.41) is 20.3. The highest BCUT2D eigenvalue weighted by molar-refractivity contribution is 6.00. The van der Waals surface area contributed by atoms with Crippen molar-refractivity contribution in [3.8, 4) is 11.4 Å². The van der Waals surface area contributed by atoms with Crippen LogP contribution in [0.1, 0.15) is 35.7 Å². The molecule has 5 rings (SSSR count). The SMILES string of the molecule is CNc1cc(-c2ccc(C(C)C)c3nccn23)nc2c(C(=O)N[C@@H]3COC[C@@H]3O)cnn12. The number of aliphatic hydroxyl groups is 1. The monoisotopic (exact) mass is 435 g/mol. The summed E-state index contributed by atoms with van der Waals surface area (Å²) >= 11 is 0. The van der Waals surface area contributed by atoms with Crippen LogP contribution in [-0.4, -0.2) is 67.4 Å². The zero-order chi connectivity index (χ0) is 22.4. The number of nitrogens with one attached hydrogen (secondary N) is 2. The average molecular weight is 435 g/mol. The second-order valence-corrected chi connectivity index (χ2v) is 8.20. The summed E-state index contributed by atoms with van der Waals surface area (Å²) in [5.74, 6) is 0.663. The first-order valence-corrected chi connectivity index (χ1v) is 10.6. The Balaban J connectivity index is 1.62. The molecule has 0 aromatic carbocycles. The molecular formula is C22H25N7O3. The molecule has 1 aliphatic rings. The van der Waals surface area contributed by atoms with Crippen LogP contribution in [0.4, 0.5) is 5.82 Å². The highest BCUT2D eigenvalue weighted by atomic mass is 16.5. The topological polar surface area (TPSA) is 118 Å². The molecule has 0 bridgehead atoms. The summed E-state index contributed by atoms with van der Waals surface area (Å²) in [4.78, 5) is 22.3. The second kappa shape index (κ2) is 7.88. The fourth-order valence-electron chi connectivity index (χ4n) is 4.05. The van der Waals surface area contributed by atoms with Crippen LogP contribution >= 0.6 is 0 Å². The first-order chi connectivity index (χ1) is 15.5. The molecule has 10 heteroatoms. The van der Waals surface area contributed by atoms with Crippen molar-refractivity contribution in [1.29, 1.82) is 0 Å². The van der Waals surface area contributed by atoms with E-state index in [-0.39, 0.29) is 19.1 Å². The van der Waals surface area contributed by atoms with Gasteiger partial charge in [0.05, 0.1) is 42.9 Å². The zero-order valence-corrected chi connectivity index (χ0v) is 18.1. The van der Waals surface area contributed by atoms with E-state index in [0.717, 1.165) is 16.9 Å². The number of amides is 1. The van der Waals surface area contributed by atoms with Crippen LogP contribution in [0.15, 0.2) is 36.8 Å². The van der Waals surface area contributed by atoms with Crippen LogP contribution in [0.25, 0.3) is 22.7 Å². The van der Waals surface area contributed by atoms with Gasteiger partial charge in [-0.3, -0.25) is 9.20 Å². The molecule has 0 unspecified atom stereocenters. The third-order valence-electron chi connectivity index (χ3n) is 5.80. The highest BCUT2D eigenvalue weighted by Gasteiger charge is 2.29. The van der Waals surface area contributed by atoms with Crippen molar-refractivity contribution in [1.82, 2.24) is 29.3 Å². The lowest BCUT2D eigenvalue weighted by molar-refractivity contribution is 0.0888. The summed E-state index contributed by atoms with van der Waals surface area (Å²) < 4.78 is 8.83. The van der Waals surface area contributed by atoms with Crippen molar-refractivity contribution in [3.05, 3.63) is 47.9 Å². The smallest absolute Gasteiger partial charge is 0.257 e. The van der Waals surface area contributed by atoms with Gasteiger partial charge in [0.2, 0.25) is 0 Å². The van der Waals surface area contributed by atoms with Gasteiger partial charge in [0.15, 0.2) is 5.65 Å². The Morgan fingerprint density at radius 3 is 2.84 bits per heavy atom. The van der Waals surface area contributed by atoms with Crippen molar-refractivity contribution in [2.45, 2.75) is 31.9 Å². The lowest BCUT2D eigenvalue weighted by atomic mass is 10.0. The summed E-state index contributed by atoms with van der Waals surface area (Å²) in [6.45, 7) is 4.75. The number of imidazole rings is 1. The minimum atomic E-state index is -0.730. The Morgan fingerprint density at radius 2 is 2.12 bits per heavy atom. The Morgan fingerprint density at radius 1 is 1.28 bits per heavy atom. The molecule has 0 radical (unpaired) electrons. The number of hydrogen-bond acceptors (Lipinski definition) is 7.